The van der Waals surface area contributed by atoms with Crippen LogP contribution in [-0.2, 0) is 0 Å². The molecule has 0 saturated heterocycles. The van der Waals surface area contributed by atoms with E-state index in [0.29, 0.717) is 11.4 Å². The average Bonchev–Trinajstić information content (AvgIpc) is 2.77. The van der Waals surface area contributed by atoms with Crippen molar-refractivity contribution in [2.24, 2.45) is 5.92 Å². The second-order valence-electron chi connectivity index (χ2n) is 3.99. The summed E-state index contributed by atoms with van der Waals surface area (Å²) >= 11 is 0. The van der Waals surface area contributed by atoms with Gasteiger partial charge >= 0.3 is 0 Å². The number of pyridine rings is 1. The van der Waals surface area contributed by atoms with Gasteiger partial charge in [-0.3, -0.25) is 0 Å². The van der Waals surface area contributed by atoms with Crippen LogP contribution in [0.3, 0.4) is 0 Å². The fraction of sp³-hybridized carbons (Fsp3) is 0.417. The van der Waals surface area contributed by atoms with Gasteiger partial charge in [-0.2, -0.15) is 10.5 Å². The molecule has 0 spiro atoms. The summed E-state index contributed by atoms with van der Waals surface area (Å²) in [6.45, 7) is 0. The Hall–Kier alpha value is -2.07. The Bertz CT molecular complexity index is 455. The molecule has 4 nitrogen and oxygen atoms in total. The zero-order valence-electron chi connectivity index (χ0n) is 8.85. The van der Waals surface area contributed by atoms with Crippen molar-refractivity contribution in [3.63, 3.8) is 0 Å². The zero-order valence-corrected chi connectivity index (χ0v) is 8.85. The first-order valence-electron chi connectivity index (χ1n) is 5.34. The molecule has 16 heavy (non-hydrogen) atoms. The fourth-order valence-corrected chi connectivity index (χ4v) is 2.03. The molecule has 0 bridgehead atoms. The van der Waals surface area contributed by atoms with E-state index in [1.165, 1.54) is 0 Å². The third kappa shape index (κ3) is 2.12. The van der Waals surface area contributed by atoms with E-state index in [1.807, 2.05) is 0 Å². The van der Waals surface area contributed by atoms with Crippen molar-refractivity contribution in [1.82, 2.24) is 4.98 Å². The molecule has 2 rings (SSSR count). The molecule has 0 aliphatic heterocycles. The topological polar surface area (TPSA) is 72.5 Å². The molecule has 0 aromatic carbocycles. The van der Waals surface area contributed by atoms with Gasteiger partial charge in [0.25, 0.3) is 0 Å². The lowest BCUT2D eigenvalue weighted by molar-refractivity contribution is 0.682. The number of rotatable bonds is 2. The number of hydrogen-bond donors (Lipinski definition) is 1. The minimum absolute atomic E-state index is 0.145. The Morgan fingerprint density at radius 1 is 1.38 bits per heavy atom. The molecule has 1 N–H and O–H groups in total. The normalized spacial score (nSPS) is 23.4. The predicted molar refractivity (Wildman–Crippen MR) is 59.3 cm³/mol. The third-order valence-electron chi connectivity index (χ3n) is 2.88. The number of nitrogens with zero attached hydrogens (tertiary/aromatic N) is 3. The largest absolute Gasteiger partial charge is 0.366 e. The van der Waals surface area contributed by atoms with Crippen LogP contribution in [-0.4, -0.2) is 11.0 Å². The summed E-state index contributed by atoms with van der Waals surface area (Å²) in [5, 5.41) is 21.0. The van der Waals surface area contributed by atoms with Crippen LogP contribution in [0, 0.1) is 28.6 Å². The Morgan fingerprint density at radius 3 is 2.94 bits per heavy atom. The lowest BCUT2D eigenvalue weighted by atomic mass is 10.1. The van der Waals surface area contributed by atoms with Gasteiger partial charge in [-0.05, 0) is 31.4 Å². The maximum absolute atomic E-state index is 8.91. The molecule has 1 fully saturated rings. The lowest BCUT2D eigenvalue weighted by Crippen LogP contribution is -2.17. The molecule has 1 aliphatic rings. The molecular formula is C12H12N4. The minimum Gasteiger partial charge on any atom is -0.366 e. The van der Waals surface area contributed by atoms with Crippen molar-refractivity contribution in [2.75, 3.05) is 5.32 Å². The standard InChI is InChI=1S/C12H12N4/c13-7-9-3-4-11(6-9)16-12-10(8-14)2-1-5-15-12/h1-2,5,9,11H,3-4,6H2,(H,15,16)/t9-,11+/m1/s1. The Morgan fingerprint density at radius 2 is 2.25 bits per heavy atom. The van der Waals surface area contributed by atoms with E-state index < -0.39 is 0 Å². The Labute approximate surface area is 94.5 Å². The van der Waals surface area contributed by atoms with Crippen LogP contribution in [0.2, 0.25) is 0 Å². The first-order chi connectivity index (χ1) is 7.83. The number of nitriles is 2. The van der Waals surface area contributed by atoms with Gasteiger partial charge in [-0.1, -0.05) is 0 Å². The van der Waals surface area contributed by atoms with Crippen LogP contribution in [0.5, 0.6) is 0 Å². The highest BCUT2D eigenvalue weighted by molar-refractivity contribution is 5.51. The van der Waals surface area contributed by atoms with Gasteiger partial charge < -0.3 is 5.32 Å². The number of anilines is 1. The average molecular weight is 212 g/mol. The summed E-state index contributed by atoms with van der Waals surface area (Å²) in [6, 6.07) is 8.15. The van der Waals surface area contributed by atoms with Gasteiger partial charge in [0.15, 0.2) is 0 Å². The minimum atomic E-state index is 0.145. The molecule has 1 aromatic heterocycles. The van der Waals surface area contributed by atoms with Crippen molar-refractivity contribution in [2.45, 2.75) is 25.3 Å². The molecule has 0 unspecified atom stereocenters. The number of aromatic nitrogens is 1. The Balaban J connectivity index is 2.06. The summed E-state index contributed by atoms with van der Waals surface area (Å²) in [7, 11) is 0. The highest BCUT2D eigenvalue weighted by Gasteiger charge is 2.24. The zero-order chi connectivity index (χ0) is 11.4. The van der Waals surface area contributed by atoms with Gasteiger partial charge in [0, 0.05) is 18.2 Å². The molecule has 1 saturated carbocycles. The molecule has 80 valence electrons. The van der Waals surface area contributed by atoms with Crippen LogP contribution < -0.4 is 5.32 Å². The van der Waals surface area contributed by atoms with Gasteiger partial charge in [0.2, 0.25) is 0 Å². The second kappa shape index (κ2) is 4.63. The van der Waals surface area contributed by atoms with Crippen molar-refractivity contribution in [3.8, 4) is 12.1 Å². The highest BCUT2D eigenvalue weighted by atomic mass is 15.0. The van der Waals surface area contributed by atoms with Crippen molar-refractivity contribution in [3.05, 3.63) is 23.9 Å². The smallest absolute Gasteiger partial charge is 0.144 e. The quantitative estimate of drug-likeness (QED) is 0.814. The summed E-state index contributed by atoms with van der Waals surface area (Å²) < 4.78 is 0. The maximum Gasteiger partial charge on any atom is 0.144 e. The Kier molecular flexibility index (Phi) is 3.03. The van der Waals surface area contributed by atoms with E-state index >= 15 is 0 Å². The highest BCUT2D eigenvalue weighted by Crippen LogP contribution is 2.27. The molecule has 0 amide bonds. The molecule has 1 heterocycles. The summed E-state index contributed by atoms with van der Waals surface area (Å²) in [4.78, 5) is 4.15. The number of hydrogen-bond acceptors (Lipinski definition) is 4. The van der Waals surface area contributed by atoms with Crippen LogP contribution >= 0.6 is 0 Å². The third-order valence-corrected chi connectivity index (χ3v) is 2.88. The van der Waals surface area contributed by atoms with E-state index in [-0.39, 0.29) is 12.0 Å². The van der Waals surface area contributed by atoms with Crippen LogP contribution in [0.25, 0.3) is 0 Å². The summed E-state index contributed by atoms with van der Waals surface area (Å²) in [5.41, 5.74) is 0.558. The van der Waals surface area contributed by atoms with Crippen molar-refractivity contribution >= 4 is 5.82 Å². The molecule has 0 radical (unpaired) electrons. The fourth-order valence-electron chi connectivity index (χ4n) is 2.03. The van der Waals surface area contributed by atoms with Gasteiger partial charge in [-0.15, -0.1) is 0 Å². The van der Waals surface area contributed by atoms with E-state index in [4.69, 9.17) is 10.5 Å². The van der Waals surface area contributed by atoms with Gasteiger partial charge in [-0.25, -0.2) is 4.98 Å². The maximum atomic E-state index is 8.91. The van der Waals surface area contributed by atoms with Crippen LogP contribution in [0.4, 0.5) is 5.82 Å². The predicted octanol–water partition coefficient (Wildman–Crippen LogP) is 2.06. The van der Waals surface area contributed by atoms with E-state index in [1.54, 1.807) is 18.3 Å². The van der Waals surface area contributed by atoms with Gasteiger partial charge in [0.1, 0.15) is 11.9 Å². The first-order valence-corrected chi connectivity index (χ1v) is 5.34. The molecule has 2 atom stereocenters. The van der Waals surface area contributed by atoms with Crippen LogP contribution in [0.15, 0.2) is 18.3 Å². The van der Waals surface area contributed by atoms with E-state index in [0.717, 1.165) is 19.3 Å². The van der Waals surface area contributed by atoms with E-state index in [2.05, 4.69) is 22.4 Å². The summed E-state index contributed by atoms with van der Waals surface area (Å²) in [5.74, 6) is 0.778. The van der Waals surface area contributed by atoms with Crippen molar-refractivity contribution in [1.29, 1.82) is 10.5 Å². The summed E-state index contributed by atoms with van der Waals surface area (Å²) in [6.07, 6.45) is 4.42. The van der Waals surface area contributed by atoms with Crippen LogP contribution in [0.1, 0.15) is 24.8 Å². The molecule has 1 aliphatic carbocycles. The monoisotopic (exact) mass is 212 g/mol. The molecular weight excluding hydrogens is 200 g/mol. The van der Waals surface area contributed by atoms with Crippen molar-refractivity contribution < 1.29 is 0 Å². The SMILES string of the molecule is N#Cc1cccnc1N[C@H]1CC[C@@H](C#N)C1. The first kappa shape index (κ1) is 10.4. The van der Waals surface area contributed by atoms with Gasteiger partial charge in [0.05, 0.1) is 11.6 Å². The van der Waals surface area contributed by atoms with E-state index in [9.17, 15) is 0 Å². The molecule has 1 aromatic rings. The second-order valence-corrected chi connectivity index (χ2v) is 3.99. The molecule has 4 heteroatoms. The number of nitrogens with one attached hydrogen (secondary N) is 1. The lowest BCUT2D eigenvalue weighted by Gasteiger charge is -2.13.